The highest BCUT2D eigenvalue weighted by molar-refractivity contribution is 7.99. The van der Waals surface area contributed by atoms with Gasteiger partial charge in [0.05, 0.1) is 16.9 Å². The van der Waals surface area contributed by atoms with Gasteiger partial charge in [-0.2, -0.15) is 11.8 Å². The van der Waals surface area contributed by atoms with Crippen molar-refractivity contribution >= 4 is 29.5 Å². The summed E-state index contributed by atoms with van der Waals surface area (Å²) in [6.45, 7) is 2.53. The van der Waals surface area contributed by atoms with Crippen LogP contribution in [0, 0.1) is 5.92 Å². The molecule has 1 heterocycles. The highest BCUT2D eigenvalue weighted by Crippen LogP contribution is 2.24. The predicted octanol–water partition coefficient (Wildman–Crippen LogP) is 2.71. The third-order valence-corrected chi connectivity index (χ3v) is 5.97. The van der Waals surface area contributed by atoms with Crippen molar-refractivity contribution in [1.29, 1.82) is 0 Å². The van der Waals surface area contributed by atoms with E-state index in [0.29, 0.717) is 35.1 Å². The van der Waals surface area contributed by atoms with E-state index < -0.39 is 0 Å². The average Bonchev–Trinajstić information content (AvgIpc) is 2.86. The first-order chi connectivity index (χ1) is 12.1. The van der Waals surface area contributed by atoms with Gasteiger partial charge in [0, 0.05) is 18.3 Å². The Morgan fingerprint density at radius 1 is 1.16 bits per heavy atom. The fourth-order valence-corrected chi connectivity index (χ4v) is 4.27. The number of carbonyl (C=O) groups is 3. The molecule has 25 heavy (non-hydrogen) atoms. The second-order valence-electron chi connectivity index (χ2n) is 6.80. The van der Waals surface area contributed by atoms with E-state index in [1.165, 1.54) is 35.9 Å². The van der Waals surface area contributed by atoms with Crippen LogP contribution in [0.4, 0.5) is 0 Å². The van der Waals surface area contributed by atoms with Gasteiger partial charge in [-0.15, -0.1) is 0 Å². The Kier molecular flexibility index (Phi) is 5.78. The lowest BCUT2D eigenvalue weighted by atomic mass is 9.86. The van der Waals surface area contributed by atoms with Gasteiger partial charge in [-0.3, -0.25) is 19.3 Å². The molecule has 0 radical (unpaired) electrons. The number of hydrogen-bond donors (Lipinski definition) is 1. The molecule has 1 fully saturated rings. The fourth-order valence-electron chi connectivity index (χ4n) is 3.54. The van der Waals surface area contributed by atoms with E-state index in [0.717, 1.165) is 6.42 Å². The lowest BCUT2D eigenvalue weighted by Gasteiger charge is -2.29. The molecular formula is C19H24N2O3S. The van der Waals surface area contributed by atoms with E-state index in [4.69, 9.17) is 0 Å². The van der Waals surface area contributed by atoms with Crippen molar-refractivity contribution in [2.24, 2.45) is 5.92 Å². The molecule has 1 aromatic carbocycles. The number of rotatable bonds is 6. The molecule has 0 aromatic heterocycles. The largest absolute Gasteiger partial charge is 0.352 e. The van der Waals surface area contributed by atoms with Crippen LogP contribution >= 0.6 is 11.8 Å². The average molecular weight is 360 g/mol. The molecule has 2 aliphatic rings. The summed E-state index contributed by atoms with van der Waals surface area (Å²) in [6.07, 6.45) is 4.68. The Morgan fingerprint density at radius 2 is 1.80 bits per heavy atom. The number of imide groups is 1. The Morgan fingerprint density at radius 3 is 2.44 bits per heavy atom. The molecule has 2 atom stereocenters. The summed E-state index contributed by atoms with van der Waals surface area (Å²) in [7, 11) is 0. The van der Waals surface area contributed by atoms with Crippen LogP contribution in [0.2, 0.25) is 0 Å². The Balaban J connectivity index is 1.41. The van der Waals surface area contributed by atoms with Crippen LogP contribution < -0.4 is 5.32 Å². The zero-order chi connectivity index (χ0) is 17.8. The summed E-state index contributed by atoms with van der Waals surface area (Å²) in [6, 6.07) is 7.18. The lowest BCUT2D eigenvalue weighted by molar-refractivity contribution is -0.119. The Hall–Kier alpha value is -1.82. The topological polar surface area (TPSA) is 66.5 Å². The molecule has 1 aliphatic heterocycles. The van der Waals surface area contributed by atoms with Crippen molar-refractivity contribution in [2.75, 3.05) is 18.1 Å². The maximum atomic E-state index is 12.3. The van der Waals surface area contributed by atoms with Crippen molar-refractivity contribution in [3.05, 3.63) is 35.4 Å². The molecule has 3 amide bonds. The second-order valence-corrected chi connectivity index (χ2v) is 7.90. The van der Waals surface area contributed by atoms with E-state index >= 15 is 0 Å². The fraction of sp³-hybridized carbons (Fsp3) is 0.526. The maximum absolute atomic E-state index is 12.3. The molecule has 134 valence electrons. The van der Waals surface area contributed by atoms with Gasteiger partial charge in [0.1, 0.15) is 0 Å². The first-order valence-electron chi connectivity index (χ1n) is 8.90. The van der Waals surface area contributed by atoms with Gasteiger partial charge >= 0.3 is 0 Å². The van der Waals surface area contributed by atoms with Crippen molar-refractivity contribution in [3.8, 4) is 0 Å². The van der Waals surface area contributed by atoms with Crippen molar-refractivity contribution in [3.63, 3.8) is 0 Å². The van der Waals surface area contributed by atoms with Crippen LogP contribution in [-0.4, -0.2) is 46.7 Å². The molecular weight excluding hydrogens is 336 g/mol. The van der Waals surface area contributed by atoms with E-state index in [9.17, 15) is 14.4 Å². The van der Waals surface area contributed by atoms with Gasteiger partial charge in [0.15, 0.2) is 0 Å². The molecule has 0 spiro atoms. The van der Waals surface area contributed by atoms with Crippen molar-refractivity contribution in [2.45, 2.75) is 38.6 Å². The minimum atomic E-state index is -0.235. The van der Waals surface area contributed by atoms with Gasteiger partial charge in [-0.25, -0.2) is 0 Å². The van der Waals surface area contributed by atoms with Gasteiger partial charge < -0.3 is 5.32 Å². The zero-order valence-electron chi connectivity index (χ0n) is 14.5. The number of amides is 3. The lowest BCUT2D eigenvalue weighted by Crippen LogP contribution is -2.42. The quantitative estimate of drug-likeness (QED) is 0.626. The summed E-state index contributed by atoms with van der Waals surface area (Å²) in [5.74, 6) is 1.06. The second kappa shape index (κ2) is 8.04. The number of nitrogens with one attached hydrogen (secondary N) is 1. The van der Waals surface area contributed by atoms with E-state index in [1.54, 1.807) is 24.3 Å². The molecule has 0 unspecified atom stereocenters. The highest BCUT2D eigenvalue weighted by Gasteiger charge is 2.34. The van der Waals surface area contributed by atoms with Gasteiger partial charge in [-0.05, 0) is 30.9 Å². The Bertz CT molecular complexity index is 641. The highest BCUT2D eigenvalue weighted by atomic mass is 32.2. The standard InChI is InChI=1S/C19H24N2O3S/c1-13-6-2-5-9-16(13)20-17(22)12-25-11-10-21-18(23)14-7-3-4-8-15(14)19(21)24/h3-4,7-8,13,16H,2,5-6,9-12H2,1H3,(H,20,22)/t13-,16+/m0/s1. The van der Waals surface area contributed by atoms with Crippen molar-refractivity contribution in [1.82, 2.24) is 10.2 Å². The number of fused-ring (bicyclic) bond motifs is 1. The van der Waals surface area contributed by atoms with Gasteiger partial charge in [0.25, 0.3) is 11.8 Å². The third-order valence-electron chi connectivity index (χ3n) is 5.03. The van der Waals surface area contributed by atoms with Crippen LogP contribution in [0.1, 0.15) is 53.3 Å². The van der Waals surface area contributed by atoms with Crippen molar-refractivity contribution < 1.29 is 14.4 Å². The maximum Gasteiger partial charge on any atom is 0.261 e. The van der Waals surface area contributed by atoms with E-state index in [2.05, 4.69) is 12.2 Å². The SMILES string of the molecule is C[C@H]1CCCC[C@H]1NC(=O)CSCCN1C(=O)c2ccccc2C1=O. The summed E-state index contributed by atoms with van der Waals surface area (Å²) < 4.78 is 0. The molecule has 1 aliphatic carbocycles. The van der Waals surface area contributed by atoms with Crippen LogP contribution in [0.15, 0.2) is 24.3 Å². The van der Waals surface area contributed by atoms with E-state index in [1.807, 2.05) is 0 Å². The monoisotopic (exact) mass is 360 g/mol. The number of thioether (sulfide) groups is 1. The third kappa shape index (κ3) is 4.06. The molecule has 1 saturated carbocycles. The number of hydrogen-bond acceptors (Lipinski definition) is 4. The zero-order valence-corrected chi connectivity index (χ0v) is 15.3. The molecule has 1 N–H and O–H groups in total. The number of nitrogens with zero attached hydrogens (tertiary/aromatic N) is 1. The first kappa shape index (κ1) is 18.0. The Labute approximate surface area is 152 Å². The molecule has 6 heteroatoms. The van der Waals surface area contributed by atoms with Gasteiger partial charge in [-0.1, -0.05) is 31.9 Å². The normalized spacial score (nSPS) is 22.8. The summed E-state index contributed by atoms with van der Waals surface area (Å²) in [5, 5.41) is 3.12. The predicted molar refractivity (Wildman–Crippen MR) is 98.7 cm³/mol. The van der Waals surface area contributed by atoms with Crippen LogP contribution in [0.3, 0.4) is 0 Å². The number of benzene rings is 1. The first-order valence-corrected chi connectivity index (χ1v) is 10.1. The molecule has 1 aromatic rings. The minimum Gasteiger partial charge on any atom is -0.352 e. The smallest absolute Gasteiger partial charge is 0.261 e. The molecule has 3 rings (SSSR count). The number of carbonyl (C=O) groups excluding carboxylic acids is 3. The summed E-state index contributed by atoms with van der Waals surface area (Å²) >= 11 is 1.46. The summed E-state index contributed by atoms with van der Waals surface area (Å²) in [4.78, 5) is 37.9. The van der Waals surface area contributed by atoms with Crippen LogP contribution in [0.5, 0.6) is 0 Å². The molecule has 0 saturated heterocycles. The molecule has 0 bridgehead atoms. The van der Waals surface area contributed by atoms with E-state index in [-0.39, 0.29) is 23.8 Å². The molecule has 5 nitrogen and oxygen atoms in total. The summed E-state index contributed by atoms with van der Waals surface area (Å²) in [5.41, 5.74) is 0.947. The van der Waals surface area contributed by atoms with Gasteiger partial charge in [0.2, 0.25) is 5.91 Å². The van der Waals surface area contributed by atoms with Crippen LogP contribution in [0.25, 0.3) is 0 Å². The minimum absolute atomic E-state index is 0.0473. The van der Waals surface area contributed by atoms with Crippen LogP contribution in [-0.2, 0) is 4.79 Å².